The highest BCUT2D eigenvalue weighted by atomic mass is 35.5. The first-order valence-corrected chi connectivity index (χ1v) is 8.42. The lowest BCUT2D eigenvalue weighted by atomic mass is 10.2. The van der Waals surface area contributed by atoms with E-state index in [2.05, 4.69) is 11.9 Å². The van der Waals surface area contributed by atoms with E-state index in [1.54, 1.807) is 13.1 Å². The minimum Gasteiger partial charge on any atom is -0.395 e. The summed E-state index contributed by atoms with van der Waals surface area (Å²) in [5.41, 5.74) is 0.591. The summed E-state index contributed by atoms with van der Waals surface area (Å²) in [4.78, 5) is -0.0720. The van der Waals surface area contributed by atoms with Crippen LogP contribution < -0.4 is 5.32 Å². The van der Waals surface area contributed by atoms with Crippen LogP contribution in [0, 0.1) is 0 Å². The summed E-state index contributed by atoms with van der Waals surface area (Å²) in [5.74, 6) is 0. The van der Waals surface area contributed by atoms with Gasteiger partial charge in [0.2, 0.25) is 10.0 Å². The molecule has 0 heterocycles. The summed E-state index contributed by atoms with van der Waals surface area (Å²) in [5, 5.41) is 12.3. The second kappa shape index (κ2) is 8.12. The fourth-order valence-electron chi connectivity index (χ4n) is 1.83. The van der Waals surface area contributed by atoms with E-state index >= 15 is 0 Å². The molecule has 21 heavy (non-hydrogen) atoms. The molecule has 1 aromatic rings. The quantitative estimate of drug-likeness (QED) is 0.701. The lowest BCUT2D eigenvalue weighted by molar-refractivity contribution is 0.260. The van der Waals surface area contributed by atoms with Crippen LogP contribution in [0.3, 0.4) is 0 Å². The number of benzene rings is 1. The van der Waals surface area contributed by atoms with E-state index in [1.165, 1.54) is 12.1 Å². The van der Waals surface area contributed by atoms with Crippen molar-refractivity contribution in [3.05, 3.63) is 40.4 Å². The molecule has 0 radical (unpaired) electrons. The van der Waals surface area contributed by atoms with E-state index in [4.69, 9.17) is 28.3 Å². The summed E-state index contributed by atoms with van der Waals surface area (Å²) in [6, 6.07) is 2.93. The lowest BCUT2D eigenvalue weighted by Crippen LogP contribution is -2.34. The Hall–Kier alpha value is -0.630. The molecule has 8 heteroatoms. The van der Waals surface area contributed by atoms with Gasteiger partial charge in [0, 0.05) is 24.7 Å². The van der Waals surface area contributed by atoms with Crippen molar-refractivity contribution >= 4 is 33.2 Å². The van der Waals surface area contributed by atoms with E-state index in [0.717, 1.165) is 4.31 Å². The minimum atomic E-state index is -3.86. The van der Waals surface area contributed by atoms with E-state index < -0.39 is 10.0 Å². The van der Waals surface area contributed by atoms with Crippen LogP contribution in [0.1, 0.15) is 5.56 Å². The first kappa shape index (κ1) is 18.4. The fourth-order valence-corrected chi connectivity index (χ4v) is 4.14. The molecule has 0 aliphatic carbocycles. The van der Waals surface area contributed by atoms with Gasteiger partial charge in [-0.1, -0.05) is 29.3 Å². The maximum atomic E-state index is 12.6. The number of halogens is 2. The van der Waals surface area contributed by atoms with Gasteiger partial charge in [0.05, 0.1) is 11.6 Å². The molecule has 5 nitrogen and oxygen atoms in total. The molecule has 0 aliphatic heterocycles. The third-order valence-corrected chi connectivity index (χ3v) is 5.41. The maximum Gasteiger partial charge on any atom is 0.244 e. The van der Waals surface area contributed by atoms with Crippen molar-refractivity contribution < 1.29 is 13.5 Å². The van der Waals surface area contributed by atoms with Crippen LogP contribution in [0.4, 0.5) is 0 Å². The van der Waals surface area contributed by atoms with Crippen LogP contribution in [-0.4, -0.2) is 44.6 Å². The molecular formula is C13H18Cl2N2O3S. The SMILES string of the molecule is C=CCN(CCO)S(=O)(=O)c1cc(Cl)cc(CNC)c1Cl. The molecule has 0 unspecified atom stereocenters. The van der Waals surface area contributed by atoms with Gasteiger partial charge in [-0.15, -0.1) is 6.58 Å². The number of nitrogens with zero attached hydrogens (tertiary/aromatic N) is 1. The van der Waals surface area contributed by atoms with E-state index in [1.807, 2.05) is 0 Å². The van der Waals surface area contributed by atoms with Crippen LogP contribution in [0.25, 0.3) is 0 Å². The third kappa shape index (κ3) is 4.42. The minimum absolute atomic E-state index is 0.0431. The molecule has 0 spiro atoms. The second-order valence-electron chi connectivity index (χ2n) is 4.28. The average Bonchev–Trinajstić information content (AvgIpc) is 2.42. The van der Waals surface area contributed by atoms with E-state index in [0.29, 0.717) is 12.1 Å². The Morgan fingerprint density at radius 1 is 1.43 bits per heavy atom. The predicted molar refractivity (Wildman–Crippen MR) is 85.3 cm³/mol. The summed E-state index contributed by atoms with van der Waals surface area (Å²) >= 11 is 12.2. The number of aliphatic hydroxyl groups excluding tert-OH is 1. The average molecular weight is 353 g/mol. The van der Waals surface area contributed by atoms with Gasteiger partial charge in [-0.2, -0.15) is 4.31 Å². The molecule has 0 saturated carbocycles. The highest BCUT2D eigenvalue weighted by molar-refractivity contribution is 7.89. The monoisotopic (exact) mass is 352 g/mol. The molecule has 0 atom stereocenters. The molecule has 118 valence electrons. The number of hydrogen-bond acceptors (Lipinski definition) is 4. The Morgan fingerprint density at radius 3 is 2.62 bits per heavy atom. The second-order valence-corrected chi connectivity index (χ2v) is 7.00. The molecule has 0 bridgehead atoms. The topological polar surface area (TPSA) is 69.6 Å². The van der Waals surface area contributed by atoms with Gasteiger partial charge in [0.25, 0.3) is 0 Å². The first-order chi connectivity index (χ1) is 9.88. The summed E-state index contributed by atoms with van der Waals surface area (Å²) < 4.78 is 26.4. The maximum absolute atomic E-state index is 12.6. The molecule has 1 aromatic carbocycles. The fraction of sp³-hybridized carbons (Fsp3) is 0.385. The predicted octanol–water partition coefficient (Wildman–Crippen LogP) is 1.88. The Labute approximate surface area is 135 Å². The molecule has 0 saturated heterocycles. The summed E-state index contributed by atoms with van der Waals surface area (Å²) in [6.07, 6.45) is 1.44. The van der Waals surface area contributed by atoms with Crippen molar-refractivity contribution in [1.29, 1.82) is 0 Å². The van der Waals surface area contributed by atoms with Crippen molar-refractivity contribution in [2.45, 2.75) is 11.4 Å². The molecule has 0 aromatic heterocycles. The Balaban J connectivity index is 3.38. The molecular weight excluding hydrogens is 335 g/mol. The van der Waals surface area contributed by atoms with Crippen molar-refractivity contribution in [2.75, 3.05) is 26.7 Å². The summed E-state index contributed by atoms with van der Waals surface area (Å²) in [6.45, 7) is 3.65. The molecule has 0 aliphatic rings. The zero-order chi connectivity index (χ0) is 16.0. The van der Waals surface area contributed by atoms with Gasteiger partial charge in [0.1, 0.15) is 4.90 Å². The smallest absolute Gasteiger partial charge is 0.244 e. The van der Waals surface area contributed by atoms with Gasteiger partial charge < -0.3 is 10.4 Å². The molecule has 2 N–H and O–H groups in total. The number of hydrogen-bond donors (Lipinski definition) is 2. The molecule has 0 fully saturated rings. The van der Waals surface area contributed by atoms with Crippen LogP contribution >= 0.6 is 23.2 Å². The molecule has 0 amide bonds. The largest absolute Gasteiger partial charge is 0.395 e. The Kier molecular flexibility index (Phi) is 7.12. The first-order valence-electron chi connectivity index (χ1n) is 6.22. The number of rotatable bonds is 8. The zero-order valence-electron chi connectivity index (χ0n) is 11.6. The zero-order valence-corrected chi connectivity index (χ0v) is 14.0. The normalized spacial score (nSPS) is 11.9. The van der Waals surface area contributed by atoms with Crippen LogP contribution in [0.2, 0.25) is 10.0 Å². The number of nitrogens with one attached hydrogen (secondary N) is 1. The highest BCUT2D eigenvalue weighted by Gasteiger charge is 2.27. The van der Waals surface area contributed by atoms with Gasteiger partial charge in [0.15, 0.2) is 0 Å². The standard InChI is InChI=1S/C13H18Cl2N2O3S/c1-3-4-17(5-6-18)21(19,20)12-8-11(14)7-10(9-16-2)13(12)15/h3,7-8,16,18H,1,4-6,9H2,2H3. The van der Waals surface area contributed by atoms with Crippen LogP contribution in [-0.2, 0) is 16.6 Å². The van der Waals surface area contributed by atoms with Gasteiger partial charge in [-0.05, 0) is 24.7 Å². The van der Waals surface area contributed by atoms with Crippen LogP contribution in [0.5, 0.6) is 0 Å². The molecule has 1 rings (SSSR count). The van der Waals surface area contributed by atoms with Crippen molar-refractivity contribution in [3.63, 3.8) is 0 Å². The Morgan fingerprint density at radius 2 is 2.10 bits per heavy atom. The Bertz CT molecular complexity index is 606. The van der Waals surface area contributed by atoms with E-state index in [9.17, 15) is 8.42 Å². The number of aliphatic hydroxyl groups is 1. The highest BCUT2D eigenvalue weighted by Crippen LogP contribution is 2.31. The van der Waals surface area contributed by atoms with E-state index in [-0.39, 0.29) is 34.6 Å². The summed E-state index contributed by atoms with van der Waals surface area (Å²) in [7, 11) is -2.14. The van der Waals surface area contributed by atoms with Crippen molar-refractivity contribution in [1.82, 2.24) is 9.62 Å². The number of sulfonamides is 1. The van der Waals surface area contributed by atoms with Crippen LogP contribution in [0.15, 0.2) is 29.7 Å². The third-order valence-electron chi connectivity index (χ3n) is 2.75. The van der Waals surface area contributed by atoms with Gasteiger partial charge >= 0.3 is 0 Å². The van der Waals surface area contributed by atoms with Crippen molar-refractivity contribution in [2.24, 2.45) is 0 Å². The van der Waals surface area contributed by atoms with Gasteiger partial charge in [-0.3, -0.25) is 0 Å². The van der Waals surface area contributed by atoms with Crippen molar-refractivity contribution in [3.8, 4) is 0 Å². The van der Waals surface area contributed by atoms with Gasteiger partial charge in [-0.25, -0.2) is 8.42 Å². The lowest BCUT2D eigenvalue weighted by Gasteiger charge is -2.21.